The van der Waals surface area contributed by atoms with E-state index >= 15 is 0 Å². The summed E-state index contributed by atoms with van der Waals surface area (Å²) in [6.45, 7) is 0. The standard InChI is InChI=1S/C14H10Cl2O3/c1-19-9-3-5-11(13(17)7-9)14(18)10-4-2-8(15)6-12(10)16/h2-7,17H,1H3. The Hall–Kier alpha value is -1.71. The summed E-state index contributed by atoms with van der Waals surface area (Å²) in [6, 6.07) is 9.03. The predicted molar refractivity (Wildman–Crippen MR) is 74.6 cm³/mol. The van der Waals surface area contributed by atoms with Gasteiger partial charge < -0.3 is 9.84 Å². The normalized spacial score (nSPS) is 10.3. The average Bonchev–Trinajstić information content (AvgIpc) is 2.37. The van der Waals surface area contributed by atoms with Crippen LogP contribution in [0.3, 0.4) is 0 Å². The van der Waals surface area contributed by atoms with E-state index in [2.05, 4.69) is 0 Å². The quantitative estimate of drug-likeness (QED) is 0.873. The summed E-state index contributed by atoms with van der Waals surface area (Å²) in [5, 5.41) is 10.5. The fourth-order valence-electron chi connectivity index (χ4n) is 1.65. The zero-order chi connectivity index (χ0) is 14.0. The lowest BCUT2D eigenvalue weighted by Crippen LogP contribution is -2.02. The van der Waals surface area contributed by atoms with E-state index in [1.807, 2.05) is 0 Å². The highest BCUT2D eigenvalue weighted by molar-refractivity contribution is 6.37. The summed E-state index contributed by atoms with van der Waals surface area (Å²) < 4.78 is 4.96. The molecule has 0 fully saturated rings. The molecule has 19 heavy (non-hydrogen) atoms. The van der Waals surface area contributed by atoms with E-state index in [4.69, 9.17) is 27.9 Å². The minimum absolute atomic E-state index is 0.157. The van der Waals surface area contributed by atoms with Crippen LogP contribution in [0.5, 0.6) is 11.5 Å². The molecule has 0 aliphatic rings. The molecule has 98 valence electrons. The number of carbonyl (C=O) groups is 1. The Morgan fingerprint density at radius 1 is 1.11 bits per heavy atom. The van der Waals surface area contributed by atoms with E-state index in [0.29, 0.717) is 10.8 Å². The van der Waals surface area contributed by atoms with Gasteiger partial charge in [0.2, 0.25) is 0 Å². The Kier molecular flexibility index (Phi) is 3.98. The maximum Gasteiger partial charge on any atom is 0.198 e. The van der Waals surface area contributed by atoms with E-state index in [0.717, 1.165) is 0 Å². The van der Waals surface area contributed by atoms with Gasteiger partial charge in [-0.2, -0.15) is 0 Å². The molecule has 0 aromatic heterocycles. The van der Waals surface area contributed by atoms with Crippen LogP contribution < -0.4 is 4.74 Å². The van der Waals surface area contributed by atoms with Crippen LogP contribution in [-0.4, -0.2) is 18.0 Å². The number of hydrogen-bond donors (Lipinski definition) is 1. The van der Waals surface area contributed by atoms with Crippen LogP contribution in [0, 0.1) is 0 Å². The molecular formula is C14H10Cl2O3. The van der Waals surface area contributed by atoms with Crippen LogP contribution in [0.15, 0.2) is 36.4 Å². The number of ketones is 1. The monoisotopic (exact) mass is 296 g/mol. The van der Waals surface area contributed by atoms with Crippen molar-refractivity contribution in [1.29, 1.82) is 0 Å². The molecule has 0 aliphatic carbocycles. The zero-order valence-corrected chi connectivity index (χ0v) is 11.5. The van der Waals surface area contributed by atoms with Crippen molar-refractivity contribution in [2.24, 2.45) is 0 Å². The highest BCUT2D eigenvalue weighted by atomic mass is 35.5. The summed E-state index contributed by atoms with van der Waals surface area (Å²) in [7, 11) is 1.48. The molecule has 0 unspecified atom stereocenters. The van der Waals surface area contributed by atoms with Crippen LogP contribution >= 0.6 is 23.2 Å². The molecule has 0 saturated carbocycles. The topological polar surface area (TPSA) is 46.5 Å². The van der Waals surface area contributed by atoms with Gasteiger partial charge in [0.05, 0.1) is 17.7 Å². The van der Waals surface area contributed by atoms with E-state index in [1.54, 1.807) is 12.1 Å². The molecule has 0 amide bonds. The highest BCUT2D eigenvalue weighted by Gasteiger charge is 2.17. The number of ether oxygens (including phenoxy) is 1. The second-order valence-corrected chi connectivity index (χ2v) is 4.68. The Bertz CT molecular complexity index is 639. The van der Waals surface area contributed by atoms with Crippen LogP contribution in [0.2, 0.25) is 10.0 Å². The zero-order valence-electron chi connectivity index (χ0n) is 9.98. The van der Waals surface area contributed by atoms with Gasteiger partial charge in [-0.05, 0) is 30.3 Å². The number of hydrogen-bond acceptors (Lipinski definition) is 3. The molecule has 2 aromatic carbocycles. The van der Waals surface area contributed by atoms with E-state index in [1.165, 1.54) is 31.4 Å². The number of phenols is 1. The first kappa shape index (κ1) is 13.7. The molecule has 5 heteroatoms. The van der Waals surface area contributed by atoms with Crippen molar-refractivity contribution in [3.05, 3.63) is 57.6 Å². The molecule has 1 N–H and O–H groups in total. The SMILES string of the molecule is COc1ccc(C(=O)c2ccc(Cl)cc2Cl)c(O)c1. The molecule has 0 bridgehead atoms. The second kappa shape index (κ2) is 5.51. The first-order valence-electron chi connectivity index (χ1n) is 5.39. The average molecular weight is 297 g/mol. The van der Waals surface area contributed by atoms with Gasteiger partial charge in [0.1, 0.15) is 11.5 Å². The summed E-state index contributed by atoms with van der Waals surface area (Å²) in [6.07, 6.45) is 0. The molecule has 0 spiro atoms. The Morgan fingerprint density at radius 3 is 2.37 bits per heavy atom. The molecule has 3 nitrogen and oxygen atoms in total. The molecule has 0 aliphatic heterocycles. The lowest BCUT2D eigenvalue weighted by molar-refractivity contribution is 0.103. The number of rotatable bonds is 3. The van der Waals surface area contributed by atoms with E-state index in [9.17, 15) is 9.90 Å². The summed E-state index contributed by atoms with van der Waals surface area (Å²) in [5.41, 5.74) is 0.441. The summed E-state index contributed by atoms with van der Waals surface area (Å²) in [4.78, 5) is 12.3. The Morgan fingerprint density at radius 2 is 1.79 bits per heavy atom. The van der Waals surface area contributed by atoms with Crippen LogP contribution in [-0.2, 0) is 0 Å². The van der Waals surface area contributed by atoms with Gasteiger partial charge in [-0.15, -0.1) is 0 Å². The third-order valence-electron chi connectivity index (χ3n) is 2.63. The van der Waals surface area contributed by atoms with Crippen LogP contribution in [0.1, 0.15) is 15.9 Å². The van der Waals surface area contributed by atoms with Crippen molar-refractivity contribution < 1.29 is 14.6 Å². The molecular weight excluding hydrogens is 287 g/mol. The Labute approximate surface area is 120 Å². The molecule has 2 aromatic rings. The van der Waals surface area contributed by atoms with Crippen molar-refractivity contribution in [1.82, 2.24) is 0 Å². The largest absolute Gasteiger partial charge is 0.507 e. The maximum atomic E-state index is 12.3. The first-order chi connectivity index (χ1) is 9.02. The minimum Gasteiger partial charge on any atom is -0.507 e. The molecule has 0 saturated heterocycles. The number of phenolic OH excluding ortho intramolecular Hbond substituents is 1. The van der Waals surface area contributed by atoms with Gasteiger partial charge in [0.15, 0.2) is 5.78 Å². The summed E-state index contributed by atoms with van der Waals surface area (Å²) >= 11 is 11.8. The van der Waals surface area contributed by atoms with Crippen molar-refractivity contribution in [2.75, 3.05) is 7.11 Å². The number of aromatic hydroxyl groups is 1. The van der Waals surface area contributed by atoms with Gasteiger partial charge in [-0.25, -0.2) is 0 Å². The highest BCUT2D eigenvalue weighted by Crippen LogP contribution is 2.29. The first-order valence-corrected chi connectivity index (χ1v) is 6.15. The van der Waals surface area contributed by atoms with Gasteiger partial charge in [-0.1, -0.05) is 23.2 Å². The van der Waals surface area contributed by atoms with Crippen molar-refractivity contribution in [2.45, 2.75) is 0 Å². The molecule has 0 radical (unpaired) electrons. The third kappa shape index (κ3) is 2.83. The van der Waals surface area contributed by atoms with Crippen molar-refractivity contribution in [3.63, 3.8) is 0 Å². The number of halogens is 2. The minimum atomic E-state index is -0.373. The lowest BCUT2D eigenvalue weighted by atomic mass is 10.0. The number of carbonyl (C=O) groups excluding carboxylic acids is 1. The van der Waals surface area contributed by atoms with Gasteiger partial charge in [0.25, 0.3) is 0 Å². The number of methoxy groups -OCH3 is 1. The van der Waals surface area contributed by atoms with E-state index < -0.39 is 0 Å². The third-order valence-corrected chi connectivity index (χ3v) is 3.17. The lowest BCUT2D eigenvalue weighted by Gasteiger charge is -2.07. The van der Waals surface area contributed by atoms with Crippen molar-refractivity contribution in [3.8, 4) is 11.5 Å². The second-order valence-electron chi connectivity index (χ2n) is 3.84. The van der Waals surface area contributed by atoms with Crippen LogP contribution in [0.25, 0.3) is 0 Å². The van der Waals surface area contributed by atoms with Gasteiger partial charge >= 0.3 is 0 Å². The fraction of sp³-hybridized carbons (Fsp3) is 0.0714. The smallest absolute Gasteiger partial charge is 0.198 e. The van der Waals surface area contributed by atoms with Crippen molar-refractivity contribution >= 4 is 29.0 Å². The molecule has 0 atom stereocenters. The molecule has 0 heterocycles. The Balaban J connectivity index is 2.44. The fourth-order valence-corrected chi connectivity index (χ4v) is 2.14. The maximum absolute atomic E-state index is 12.3. The summed E-state index contributed by atoms with van der Waals surface area (Å²) in [5.74, 6) is -0.0616. The molecule has 2 rings (SSSR count). The van der Waals surface area contributed by atoms with Gasteiger partial charge in [0, 0.05) is 16.7 Å². The predicted octanol–water partition coefficient (Wildman–Crippen LogP) is 3.94. The number of benzene rings is 2. The van der Waals surface area contributed by atoms with E-state index in [-0.39, 0.29) is 27.7 Å². The van der Waals surface area contributed by atoms with Crippen LogP contribution in [0.4, 0.5) is 0 Å². The van der Waals surface area contributed by atoms with Gasteiger partial charge in [-0.3, -0.25) is 4.79 Å².